The van der Waals surface area contributed by atoms with Crippen LogP contribution in [0.3, 0.4) is 0 Å². The Bertz CT molecular complexity index is 845. The van der Waals surface area contributed by atoms with Crippen molar-refractivity contribution in [1.82, 2.24) is 9.97 Å². The van der Waals surface area contributed by atoms with Crippen LogP contribution in [0.1, 0.15) is 26.5 Å². The van der Waals surface area contributed by atoms with E-state index in [1.165, 1.54) is 28.3 Å². The molecule has 0 aliphatic rings. The van der Waals surface area contributed by atoms with Gasteiger partial charge >= 0.3 is 6.09 Å². The summed E-state index contributed by atoms with van der Waals surface area (Å²) < 4.78 is 32.3. The number of hydrogen-bond donors (Lipinski definition) is 0. The van der Waals surface area contributed by atoms with Gasteiger partial charge in [0.25, 0.3) is 10.0 Å². The monoisotopic (exact) mass is 433 g/mol. The molecule has 2 heterocycles. The Hall–Kier alpha value is -1.52. The van der Waals surface area contributed by atoms with Gasteiger partial charge in [0.05, 0.1) is 11.2 Å². The first-order chi connectivity index (χ1) is 11.0. The van der Waals surface area contributed by atoms with Crippen molar-refractivity contribution in [3.63, 3.8) is 0 Å². The smallest absolute Gasteiger partial charge is 0.430 e. The minimum atomic E-state index is -4.26. The molecule has 24 heavy (non-hydrogen) atoms. The van der Waals surface area contributed by atoms with Crippen LogP contribution in [0.15, 0.2) is 32.5 Å². The van der Waals surface area contributed by atoms with Gasteiger partial charge in [0.1, 0.15) is 5.60 Å². The zero-order valence-electron chi connectivity index (χ0n) is 13.5. The molecular weight excluding hydrogens is 418 g/mol. The maximum absolute atomic E-state index is 12.9. The minimum absolute atomic E-state index is 0.0309. The highest BCUT2D eigenvalue weighted by molar-refractivity contribution is 9.10. The third-order valence-corrected chi connectivity index (χ3v) is 5.67. The van der Waals surface area contributed by atoms with Crippen LogP contribution in [0.2, 0.25) is 0 Å². The maximum Gasteiger partial charge on any atom is 0.430 e. The summed E-state index contributed by atoms with van der Waals surface area (Å²) in [6, 6.07) is 2.87. The van der Waals surface area contributed by atoms with E-state index in [4.69, 9.17) is 4.74 Å². The number of thiazole rings is 1. The van der Waals surface area contributed by atoms with Crippen LogP contribution in [-0.2, 0) is 14.8 Å². The van der Waals surface area contributed by atoms with Crippen molar-refractivity contribution < 1.29 is 17.9 Å². The topological polar surface area (TPSA) is 89.5 Å². The van der Waals surface area contributed by atoms with E-state index in [1.807, 2.05) is 0 Å². The molecule has 0 saturated heterocycles. The number of carbonyl (C=O) groups excluding carboxylic acids is 1. The number of aryl methyl sites for hydroxylation is 1. The van der Waals surface area contributed by atoms with E-state index in [-0.39, 0.29) is 10.8 Å². The summed E-state index contributed by atoms with van der Waals surface area (Å²) in [6.07, 6.45) is -1.03. The predicted molar refractivity (Wildman–Crippen MR) is 94.7 cm³/mol. The second-order valence-corrected chi connectivity index (χ2v) is 9.12. The molecule has 0 saturated carbocycles. The van der Waals surface area contributed by atoms with Gasteiger partial charge in [-0.3, -0.25) is 0 Å². The molecule has 0 N–H and O–H groups in total. The third kappa shape index (κ3) is 4.11. The molecule has 7 nitrogen and oxygen atoms in total. The zero-order valence-corrected chi connectivity index (χ0v) is 16.7. The van der Waals surface area contributed by atoms with Crippen LogP contribution < -0.4 is 4.31 Å². The van der Waals surface area contributed by atoms with Gasteiger partial charge < -0.3 is 4.74 Å². The molecule has 1 amide bonds. The Balaban J connectivity index is 2.53. The molecule has 0 fully saturated rings. The second kappa shape index (κ2) is 6.77. The summed E-state index contributed by atoms with van der Waals surface area (Å²) in [4.78, 5) is 20.5. The lowest BCUT2D eigenvalue weighted by atomic mass is 10.2. The number of nitrogens with zero attached hydrogens (tertiary/aromatic N) is 3. The summed E-state index contributed by atoms with van der Waals surface area (Å²) in [5.74, 6) is -0.0309. The van der Waals surface area contributed by atoms with Gasteiger partial charge in [0, 0.05) is 9.85 Å². The summed E-state index contributed by atoms with van der Waals surface area (Å²) in [6.45, 7) is 6.61. The number of amides is 1. The number of hydrogen-bond acceptors (Lipinski definition) is 7. The lowest BCUT2D eigenvalue weighted by Crippen LogP contribution is -2.41. The van der Waals surface area contributed by atoms with E-state index in [2.05, 4.69) is 25.9 Å². The first-order valence-corrected chi connectivity index (χ1v) is 9.99. The number of halogens is 1. The Morgan fingerprint density at radius 1 is 1.33 bits per heavy atom. The molecule has 0 atom stereocenters. The fraction of sp³-hybridized carbons (Fsp3) is 0.357. The molecule has 0 aliphatic heterocycles. The van der Waals surface area contributed by atoms with E-state index < -0.39 is 21.7 Å². The molecule has 2 aromatic heterocycles. The van der Waals surface area contributed by atoms with Crippen LogP contribution in [-0.4, -0.2) is 30.1 Å². The lowest BCUT2D eigenvalue weighted by molar-refractivity contribution is 0.0608. The summed E-state index contributed by atoms with van der Waals surface area (Å²) in [5.41, 5.74) is 1.06. The van der Waals surface area contributed by atoms with E-state index in [1.54, 1.807) is 33.8 Å². The summed E-state index contributed by atoms with van der Waals surface area (Å²) in [7, 11) is -4.26. The van der Waals surface area contributed by atoms with Crippen molar-refractivity contribution >= 4 is 49.2 Å². The van der Waals surface area contributed by atoms with Crippen LogP contribution >= 0.6 is 27.3 Å². The molecule has 2 rings (SSSR count). The first-order valence-electron chi connectivity index (χ1n) is 6.82. The van der Waals surface area contributed by atoms with Gasteiger partial charge in [-0.05, 0) is 55.8 Å². The Morgan fingerprint density at radius 3 is 2.50 bits per heavy atom. The molecule has 2 aromatic rings. The van der Waals surface area contributed by atoms with Crippen molar-refractivity contribution in [3.05, 3.63) is 33.2 Å². The molecular formula is C14H16BrN3O4S2. The largest absolute Gasteiger partial charge is 0.443 e. The molecule has 0 aliphatic carbocycles. The predicted octanol–water partition coefficient (Wildman–Crippen LogP) is 3.74. The summed E-state index contributed by atoms with van der Waals surface area (Å²) >= 11 is 4.43. The standard InChI is InChI=1S/C14H16BrN3O4S2/c1-9-10(15)5-6-12(17-9)24(20,21)18(11-7-23-8-16-11)13(19)22-14(2,3)4/h5-8H,1-4H3. The number of sulfonamides is 1. The molecule has 0 unspecified atom stereocenters. The van der Waals surface area contributed by atoms with E-state index >= 15 is 0 Å². The first kappa shape index (κ1) is 18.8. The van der Waals surface area contributed by atoms with Crippen molar-refractivity contribution in [2.75, 3.05) is 4.31 Å². The van der Waals surface area contributed by atoms with Crippen LogP contribution in [0, 0.1) is 6.92 Å². The molecule has 130 valence electrons. The maximum atomic E-state index is 12.9. The van der Waals surface area contributed by atoms with Crippen molar-refractivity contribution in [3.8, 4) is 0 Å². The Morgan fingerprint density at radius 2 is 2.00 bits per heavy atom. The molecule has 0 radical (unpaired) electrons. The van der Waals surface area contributed by atoms with Crippen LogP contribution in [0.4, 0.5) is 10.6 Å². The number of anilines is 1. The average Bonchev–Trinajstić information content (AvgIpc) is 2.93. The fourth-order valence-corrected chi connectivity index (χ4v) is 3.75. The van der Waals surface area contributed by atoms with Crippen molar-refractivity contribution in [1.29, 1.82) is 0 Å². The molecule has 0 spiro atoms. The second-order valence-electron chi connectivity index (χ2n) is 5.81. The van der Waals surface area contributed by atoms with Gasteiger partial charge in [0.2, 0.25) is 0 Å². The van der Waals surface area contributed by atoms with E-state index in [9.17, 15) is 13.2 Å². The number of carbonyl (C=O) groups is 1. The lowest BCUT2D eigenvalue weighted by Gasteiger charge is -2.25. The van der Waals surface area contributed by atoms with Crippen molar-refractivity contribution in [2.24, 2.45) is 0 Å². The van der Waals surface area contributed by atoms with Crippen LogP contribution in [0.5, 0.6) is 0 Å². The van der Waals surface area contributed by atoms with E-state index in [0.717, 1.165) is 0 Å². The van der Waals surface area contributed by atoms with Gasteiger partial charge in [-0.25, -0.2) is 14.8 Å². The number of rotatable bonds is 3. The summed E-state index contributed by atoms with van der Waals surface area (Å²) in [5, 5.41) is 1.19. The van der Waals surface area contributed by atoms with Gasteiger partial charge in [-0.2, -0.15) is 8.42 Å². The zero-order chi connectivity index (χ0) is 18.1. The Kier molecular flexibility index (Phi) is 5.31. The highest BCUT2D eigenvalue weighted by atomic mass is 79.9. The SMILES string of the molecule is Cc1nc(S(=O)(=O)N(C(=O)OC(C)(C)C)c2cscn2)ccc1Br. The quantitative estimate of drug-likeness (QED) is 0.731. The van der Waals surface area contributed by atoms with Gasteiger partial charge in [0.15, 0.2) is 10.8 Å². The number of ether oxygens (including phenoxy) is 1. The minimum Gasteiger partial charge on any atom is -0.443 e. The normalized spacial score (nSPS) is 12.0. The molecule has 0 aromatic carbocycles. The highest BCUT2D eigenvalue weighted by Gasteiger charge is 2.37. The van der Waals surface area contributed by atoms with Crippen molar-refractivity contribution in [2.45, 2.75) is 38.3 Å². The average molecular weight is 434 g/mol. The highest BCUT2D eigenvalue weighted by Crippen LogP contribution is 2.26. The third-order valence-electron chi connectivity index (χ3n) is 2.69. The molecule has 10 heteroatoms. The fourth-order valence-electron chi connectivity index (χ4n) is 1.68. The molecule has 0 bridgehead atoms. The van der Waals surface area contributed by atoms with Gasteiger partial charge in [-0.15, -0.1) is 15.6 Å². The van der Waals surface area contributed by atoms with Crippen LogP contribution in [0.25, 0.3) is 0 Å². The van der Waals surface area contributed by atoms with E-state index in [0.29, 0.717) is 14.5 Å². The number of aromatic nitrogens is 2. The Labute approximate surface area is 152 Å². The number of pyridine rings is 1. The van der Waals surface area contributed by atoms with Gasteiger partial charge in [-0.1, -0.05) is 0 Å².